The minimum absolute atomic E-state index is 0.0349. The minimum Gasteiger partial charge on any atom is -0.396 e. The fourth-order valence-corrected chi connectivity index (χ4v) is 3.28. The highest BCUT2D eigenvalue weighted by molar-refractivity contribution is 5.74. The molecule has 0 aromatic carbocycles. The predicted octanol–water partition coefficient (Wildman–Crippen LogP) is 1.27. The van der Waals surface area contributed by atoms with Gasteiger partial charge in [-0.25, -0.2) is 4.79 Å². The zero-order valence-electron chi connectivity index (χ0n) is 12.7. The molecule has 5 heteroatoms. The average molecular weight is 283 g/mol. The predicted molar refractivity (Wildman–Crippen MR) is 79.7 cm³/mol. The van der Waals surface area contributed by atoms with Gasteiger partial charge in [0.2, 0.25) is 0 Å². The minimum atomic E-state index is 0.0349. The fourth-order valence-electron chi connectivity index (χ4n) is 3.28. The van der Waals surface area contributed by atoms with Crippen LogP contribution in [0.15, 0.2) is 0 Å². The first-order chi connectivity index (χ1) is 9.69. The first-order valence-electron chi connectivity index (χ1n) is 8.07. The summed E-state index contributed by atoms with van der Waals surface area (Å²) in [5, 5.41) is 12.3. The Morgan fingerprint density at radius 3 is 2.70 bits per heavy atom. The number of hydrogen-bond acceptors (Lipinski definition) is 3. The zero-order valence-corrected chi connectivity index (χ0v) is 12.7. The van der Waals surface area contributed by atoms with Crippen molar-refractivity contribution in [3.63, 3.8) is 0 Å². The summed E-state index contributed by atoms with van der Waals surface area (Å²) < 4.78 is 0. The molecule has 0 aliphatic carbocycles. The zero-order chi connectivity index (χ0) is 14.4. The number of carbonyl (C=O) groups excluding carboxylic acids is 1. The molecule has 2 unspecified atom stereocenters. The van der Waals surface area contributed by atoms with Crippen molar-refractivity contribution in [2.45, 2.75) is 45.1 Å². The summed E-state index contributed by atoms with van der Waals surface area (Å²) in [6.07, 6.45) is 5.94. The van der Waals surface area contributed by atoms with Gasteiger partial charge in [-0.05, 0) is 51.6 Å². The second kappa shape index (κ2) is 7.84. The van der Waals surface area contributed by atoms with Crippen LogP contribution in [0.4, 0.5) is 4.79 Å². The lowest BCUT2D eigenvalue weighted by atomic mass is 9.99. The van der Waals surface area contributed by atoms with E-state index in [1.54, 1.807) is 0 Å². The lowest BCUT2D eigenvalue weighted by Gasteiger charge is -2.34. The molecule has 20 heavy (non-hydrogen) atoms. The van der Waals surface area contributed by atoms with E-state index in [9.17, 15) is 9.90 Å². The molecule has 0 spiro atoms. The van der Waals surface area contributed by atoms with Crippen LogP contribution in [0.25, 0.3) is 0 Å². The number of hydrogen-bond donors (Lipinski definition) is 2. The summed E-state index contributed by atoms with van der Waals surface area (Å²) in [5.74, 6) is 0.256. The van der Waals surface area contributed by atoms with Crippen LogP contribution in [-0.2, 0) is 0 Å². The molecule has 5 nitrogen and oxygen atoms in total. The SMILES string of the molecule is CC(CN1CCCCC1)NC(=O)N1CCCC(CO)C1. The molecule has 2 amide bonds. The van der Waals surface area contributed by atoms with Crippen molar-refractivity contribution >= 4 is 6.03 Å². The molecule has 2 N–H and O–H groups in total. The summed E-state index contributed by atoms with van der Waals surface area (Å²) in [4.78, 5) is 16.5. The quantitative estimate of drug-likeness (QED) is 0.817. The Bertz CT molecular complexity index is 305. The second-order valence-electron chi connectivity index (χ2n) is 6.35. The molecule has 2 heterocycles. The molecule has 2 saturated heterocycles. The van der Waals surface area contributed by atoms with E-state index in [0.29, 0.717) is 6.54 Å². The van der Waals surface area contributed by atoms with E-state index >= 15 is 0 Å². The molecule has 0 aromatic heterocycles. The van der Waals surface area contributed by atoms with Gasteiger partial charge in [0.15, 0.2) is 0 Å². The number of rotatable bonds is 4. The summed E-state index contributed by atoms with van der Waals surface area (Å²) >= 11 is 0. The standard InChI is InChI=1S/C15H29N3O2/c1-13(10-17-7-3-2-4-8-17)16-15(20)18-9-5-6-14(11-18)12-19/h13-14,19H,2-12H2,1H3,(H,16,20). The lowest BCUT2D eigenvalue weighted by Crippen LogP contribution is -2.51. The summed E-state index contributed by atoms with van der Waals surface area (Å²) in [6.45, 7) is 7.06. The van der Waals surface area contributed by atoms with Crippen LogP contribution >= 0.6 is 0 Å². The number of nitrogens with zero attached hydrogens (tertiary/aromatic N) is 2. The molecule has 2 atom stereocenters. The Balaban J connectivity index is 1.72. The Morgan fingerprint density at radius 2 is 2.00 bits per heavy atom. The summed E-state index contributed by atoms with van der Waals surface area (Å²) in [6, 6.07) is 0.225. The van der Waals surface area contributed by atoms with Crippen molar-refractivity contribution in [3.05, 3.63) is 0 Å². The topological polar surface area (TPSA) is 55.8 Å². The Morgan fingerprint density at radius 1 is 1.25 bits per heavy atom. The van der Waals surface area contributed by atoms with Crippen molar-refractivity contribution in [1.29, 1.82) is 0 Å². The average Bonchev–Trinajstić information content (AvgIpc) is 2.48. The maximum Gasteiger partial charge on any atom is 0.317 e. The Kier molecular flexibility index (Phi) is 6.10. The van der Waals surface area contributed by atoms with Crippen molar-refractivity contribution < 1.29 is 9.90 Å². The van der Waals surface area contributed by atoms with E-state index in [2.05, 4.69) is 17.1 Å². The molecular weight excluding hydrogens is 254 g/mol. The van der Waals surface area contributed by atoms with Gasteiger partial charge in [-0.15, -0.1) is 0 Å². The van der Waals surface area contributed by atoms with Crippen molar-refractivity contribution in [2.75, 3.05) is 39.3 Å². The number of likely N-dealkylation sites (tertiary alicyclic amines) is 2. The number of piperidine rings is 2. The van der Waals surface area contributed by atoms with Crippen LogP contribution in [0.2, 0.25) is 0 Å². The number of amides is 2. The molecule has 2 fully saturated rings. The highest BCUT2D eigenvalue weighted by Crippen LogP contribution is 2.16. The second-order valence-corrected chi connectivity index (χ2v) is 6.35. The maximum atomic E-state index is 12.2. The highest BCUT2D eigenvalue weighted by Gasteiger charge is 2.24. The van der Waals surface area contributed by atoms with E-state index in [-0.39, 0.29) is 24.6 Å². The van der Waals surface area contributed by atoms with Crippen molar-refractivity contribution in [3.8, 4) is 0 Å². The van der Waals surface area contributed by atoms with Gasteiger partial charge in [0, 0.05) is 32.3 Å². The number of aliphatic hydroxyl groups excluding tert-OH is 1. The van der Waals surface area contributed by atoms with Crippen LogP contribution < -0.4 is 5.32 Å². The van der Waals surface area contributed by atoms with Gasteiger partial charge in [0.25, 0.3) is 0 Å². The number of urea groups is 1. The lowest BCUT2D eigenvalue weighted by molar-refractivity contribution is 0.126. The molecular formula is C15H29N3O2. The van der Waals surface area contributed by atoms with E-state index in [0.717, 1.165) is 39.0 Å². The van der Waals surface area contributed by atoms with Gasteiger partial charge >= 0.3 is 6.03 Å². The molecule has 2 aliphatic heterocycles. The number of carbonyl (C=O) groups is 1. The van der Waals surface area contributed by atoms with Gasteiger partial charge < -0.3 is 20.2 Å². The molecule has 0 bridgehead atoms. The van der Waals surface area contributed by atoms with Gasteiger partial charge in [-0.2, -0.15) is 0 Å². The molecule has 2 rings (SSSR count). The van der Waals surface area contributed by atoms with E-state index in [1.807, 2.05) is 4.90 Å². The van der Waals surface area contributed by atoms with Gasteiger partial charge in [0.05, 0.1) is 0 Å². The fraction of sp³-hybridized carbons (Fsp3) is 0.933. The summed E-state index contributed by atoms with van der Waals surface area (Å²) in [5.41, 5.74) is 0. The third-order valence-electron chi connectivity index (χ3n) is 4.42. The van der Waals surface area contributed by atoms with Gasteiger partial charge in [-0.3, -0.25) is 0 Å². The van der Waals surface area contributed by atoms with Crippen LogP contribution in [0.3, 0.4) is 0 Å². The third kappa shape index (κ3) is 4.63. The first kappa shape index (κ1) is 15.6. The smallest absolute Gasteiger partial charge is 0.317 e. The van der Waals surface area contributed by atoms with E-state index < -0.39 is 0 Å². The van der Waals surface area contributed by atoms with Gasteiger partial charge in [-0.1, -0.05) is 6.42 Å². The van der Waals surface area contributed by atoms with Crippen LogP contribution in [0.1, 0.15) is 39.0 Å². The first-order valence-corrected chi connectivity index (χ1v) is 8.07. The third-order valence-corrected chi connectivity index (χ3v) is 4.42. The number of aliphatic hydroxyl groups is 1. The normalized spacial score (nSPS) is 26.3. The van der Waals surface area contributed by atoms with E-state index in [4.69, 9.17) is 0 Å². The molecule has 0 aromatic rings. The van der Waals surface area contributed by atoms with Crippen molar-refractivity contribution in [2.24, 2.45) is 5.92 Å². The van der Waals surface area contributed by atoms with Crippen LogP contribution in [0.5, 0.6) is 0 Å². The Labute approximate surface area is 122 Å². The number of nitrogens with one attached hydrogen (secondary N) is 1. The van der Waals surface area contributed by atoms with Gasteiger partial charge in [0.1, 0.15) is 0 Å². The van der Waals surface area contributed by atoms with E-state index in [1.165, 1.54) is 19.3 Å². The highest BCUT2D eigenvalue weighted by atomic mass is 16.3. The maximum absolute atomic E-state index is 12.2. The van der Waals surface area contributed by atoms with Crippen LogP contribution in [-0.4, -0.2) is 66.3 Å². The molecule has 116 valence electrons. The monoisotopic (exact) mass is 283 g/mol. The Hall–Kier alpha value is -0.810. The van der Waals surface area contributed by atoms with Crippen LogP contribution in [0, 0.1) is 5.92 Å². The largest absolute Gasteiger partial charge is 0.396 e. The molecule has 0 radical (unpaired) electrons. The summed E-state index contributed by atoms with van der Waals surface area (Å²) in [7, 11) is 0. The molecule has 0 saturated carbocycles. The molecule has 2 aliphatic rings. The van der Waals surface area contributed by atoms with Crippen molar-refractivity contribution in [1.82, 2.24) is 15.1 Å².